The van der Waals surface area contributed by atoms with Crippen LogP contribution in [0, 0.1) is 5.41 Å². The first-order valence-electron chi connectivity index (χ1n) is 7.53. The van der Waals surface area contributed by atoms with Gasteiger partial charge in [0.2, 0.25) is 5.91 Å². The van der Waals surface area contributed by atoms with E-state index in [0.717, 1.165) is 24.8 Å². The average molecular weight is 293 g/mol. The van der Waals surface area contributed by atoms with Gasteiger partial charge in [-0.3, -0.25) is 9.48 Å². The molecule has 2 heterocycles. The summed E-state index contributed by atoms with van der Waals surface area (Å²) in [5, 5.41) is 4.18. The molecule has 6 nitrogen and oxygen atoms in total. The highest BCUT2D eigenvalue weighted by Crippen LogP contribution is 2.43. The fourth-order valence-electron chi connectivity index (χ4n) is 3.28. The number of nitrogens with zero attached hydrogens (tertiary/aromatic N) is 3. The third kappa shape index (κ3) is 2.70. The summed E-state index contributed by atoms with van der Waals surface area (Å²) in [5.74, 6) is 0.229. The van der Waals surface area contributed by atoms with Crippen molar-refractivity contribution in [3.8, 4) is 0 Å². The number of carbonyl (C=O) groups is 1. The van der Waals surface area contributed by atoms with Crippen LogP contribution in [0.25, 0.3) is 0 Å². The fourth-order valence-corrected chi connectivity index (χ4v) is 3.28. The normalized spacial score (nSPS) is 24.7. The Morgan fingerprint density at radius 3 is 2.95 bits per heavy atom. The fraction of sp³-hybridized carbons (Fsp3) is 0.733. The molecular weight excluding hydrogens is 270 g/mol. The van der Waals surface area contributed by atoms with Gasteiger partial charge >= 0.3 is 0 Å². The first kappa shape index (κ1) is 14.5. The highest BCUT2D eigenvalue weighted by molar-refractivity contribution is 5.84. The second-order valence-corrected chi connectivity index (χ2v) is 6.12. The van der Waals surface area contributed by atoms with Gasteiger partial charge in [0.05, 0.1) is 31.4 Å². The van der Waals surface area contributed by atoms with Crippen molar-refractivity contribution in [2.75, 3.05) is 33.4 Å². The lowest BCUT2D eigenvalue weighted by Gasteiger charge is -2.45. The summed E-state index contributed by atoms with van der Waals surface area (Å²) in [4.78, 5) is 14.8. The number of aryl methyl sites for hydroxylation is 1. The van der Waals surface area contributed by atoms with E-state index < -0.39 is 0 Å². The van der Waals surface area contributed by atoms with Crippen molar-refractivity contribution in [1.82, 2.24) is 14.7 Å². The molecule has 1 atom stereocenters. The van der Waals surface area contributed by atoms with Gasteiger partial charge in [-0.25, -0.2) is 0 Å². The molecule has 0 N–H and O–H groups in total. The van der Waals surface area contributed by atoms with E-state index in [9.17, 15) is 4.79 Å². The van der Waals surface area contributed by atoms with E-state index in [2.05, 4.69) is 5.10 Å². The van der Waals surface area contributed by atoms with Crippen LogP contribution >= 0.6 is 0 Å². The Morgan fingerprint density at radius 1 is 1.57 bits per heavy atom. The summed E-state index contributed by atoms with van der Waals surface area (Å²) >= 11 is 0. The number of amides is 1. The first-order valence-corrected chi connectivity index (χ1v) is 7.53. The van der Waals surface area contributed by atoms with Crippen molar-refractivity contribution >= 4 is 5.91 Å². The van der Waals surface area contributed by atoms with Gasteiger partial charge in [0.15, 0.2) is 0 Å². The lowest BCUT2D eigenvalue weighted by atomic mass is 9.68. The highest BCUT2D eigenvalue weighted by Gasteiger charge is 2.47. The second kappa shape index (κ2) is 5.77. The van der Waals surface area contributed by atoms with Gasteiger partial charge in [-0.15, -0.1) is 0 Å². The first-order chi connectivity index (χ1) is 10.1. The number of methoxy groups -OCH3 is 1. The summed E-state index contributed by atoms with van der Waals surface area (Å²) in [7, 11) is 3.56. The molecule has 1 amide bonds. The lowest BCUT2D eigenvalue weighted by molar-refractivity contribution is -0.159. The quantitative estimate of drug-likeness (QED) is 0.835. The van der Waals surface area contributed by atoms with Gasteiger partial charge in [-0.2, -0.15) is 5.10 Å². The van der Waals surface area contributed by atoms with Crippen LogP contribution in [0.3, 0.4) is 0 Å². The molecule has 1 saturated carbocycles. The van der Waals surface area contributed by atoms with Gasteiger partial charge in [0.25, 0.3) is 0 Å². The summed E-state index contributed by atoms with van der Waals surface area (Å²) in [6.45, 7) is 2.38. The molecule has 1 unspecified atom stereocenters. The Morgan fingerprint density at radius 2 is 2.38 bits per heavy atom. The smallest absolute Gasteiger partial charge is 0.231 e. The minimum absolute atomic E-state index is 0.0731. The summed E-state index contributed by atoms with van der Waals surface area (Å²) in [6, 6.07) is 0. The van der Waals surface area contributed by atoms with Crippen LogP contribution in [-0.4, -0.2) is 54.0 Å². The van der Waals surface area contributed by atoms with E-state index in [0.29, 0.717) is 26.3 Å². The number of carbonyl (C=O) groups excluding carboxylic acids is 1. The third-order valence-electron chi connectivity index (χ3n) is 4.64. The Balaban J connectivity index is 1.69. The maximum Gasteiger partial charge on any atom is 0.231 e. The van der Waals surface area contributed by atoms with E-state index in [1.165, 1.54) is 0 Å². The molecule has 0 aromatic carbocycles. The van der Waals surface area contributed by atoms with Crippen molar-refractivity contribution in [1.29, 1.82) is 0 Å². The maximum atomic E-state index is 12.8. The van der Waals surface area contributed by atoms with E-state index in [4.69, 9.17) is 9.47 Å². The second-order valence-electron chi connectivity index (χ2n) is 6.12. The molecular formula is C15H23N3O3. The van der Waals surface area contributed by atoms with Crippen LogP contribution < -0.4 is 0 Å². The molecule has 1 aliphatic heterocycles. The Bertz CT molecular complexity index is 510. The largest absolute Gasteiger partial charge is 0.384 e. The van der Waals surface area contributed by atoms with E-state index in [1.54, 1.807) is 11.8 Å². The van der Waals surface area contributed by atoms with Crippen LogP contribution in [0.2, 0.25) is 0 Å². The molecule has 1 aromatic heterocycles. The molecule has 21 heavy (non-hydrogen) atoms. The summed E-state index contributed by atoms with van der Waals surface area (Å²) < 4.78 is 12.8. The molecule has 2 aliphatic rings. The molecule has 0 radical (unpaired) electrons. The van der Waals surface area contributed by atoms with Gasteiger partial charge in [0.1, 0.15) is 6.10 Å². The number of rotatable bonds is 4. The van der Waals surface area contributed by atoms with Crippen LogP contribution in [0.1, 0.15) is 30.9 Å². The van der Waals surface area contributed by atoms with Gasteiger partial charge < -0.3 is 14.4 Å². The zero-order valence-electron chi connectivity index (χ0n) is 12.7. The van der Waals surface area contributed by atoms with Crippen LogP contribution in [0.15, 0.2) is 12.4 Å². The molecule has 0 spiro atoms. The Kier molecular flexibility index (Phi) is 3.99. The van der Waals surface area contributed by atoms with Crippen LogP contribution in [-0.2, 0) is 21.3 Å². The van der Waals surface area contributed by atoms with Crippen molar-refractivity contribution in [2.24, 2.45) is 12.5 Å². The molecule has 116 valence electrons. The van der Waals surface area contributed by atoms with Crippen LogP contribution in [0.4, 0.5) is 0 Å². The van der Waals surface area contributed by atoms with E-state index in [1.807, 2.05) is 24.3 Å². The van der Waals surface area contributed by atoms with Crippen LogP contribution in [0.5, 0.6) is 0 Å². The monoisotopic (exact) mass is 293 g/mol. The van der Waals surface area contributed by atoms with E-state index >= 15 is 0 Å². The highest BCUT2D eigenvalue weighted by atomic mass is 16.5. The maximum absolute atomic E-state index is 12.8. The standard InChI is InChI=1S/C15H23N3O3/c1-17-9-12(8-16-17)13-10-18(6-7-21-13)14(19)15(11-20-2)4-3-5-15/h8-9,13H,3-7,10-11H2,1-2H3. The van der Waals surface area contributed by atoms with Crippen molar-refractivity contribution < 1.29 is 14.3 Å². The Labute approximate surface area is 125 Å². The van der Waals surface area contributed by atoms with Crippen molar-refractivity contribution in [2.45, 2.75) is 25.4 Å². The zero-order chi connectivity index (χ0) is 14.9. The number of aromatic nitrogens is 2. The molecule has 1 aliphatic carbocycles. The predicted molar refractivity (Wildman–Crippen MR) is 76.6 cm³/mol. The predicted octanol–water partition coefficient (Wildman–Crippen LogP) is 1.14. The lowest BCUT2D eigenvalue weighted by Crippen LogP contribution is -2.53. The number of morpholine rings is 1. The number of ether oxygens (including phenoxy) is 2. The SMILES string of the molecule is COCC1(C(=O)N2CCOC(c3cnn(C)c3)C2)CCC1. The third-order valence-corrected chi connectivity index (χ3v) is 4.64. The molecule has 1 aromatic rings. The van der Waals surface area contributed by atoms with Gasteiger partial charge in [-0.1, -0.05) is 6.42 Å². The molecule has 3 rings (SSSR count). The van der Waals surface area contributed by atoms with Gasteiger partial charge in [0, 0.05) is 32.5 Å². The van der Waals surface area contributed by atoms with Gasteiger partial charge in [-0.05, 0) is 12.8 Å². The molecule has 2 fully saturated rings. The molecule has 1 saturated heterocycles. The molecule has 6 heteroatoms. The molecule has 0 bridgehead atoms. The van der Waals surface area contributed by atoms with E-state index in [-0.39, 0.29) is 17.4 Å². The minimum atomic E-state index is -0.286. The Hall–Kier alpha value is -1.40. The summed E-state index contributed by atoms with van der Waals surface area (Å²) in [6.07, 6.45) is 6.69. The minimum Gasteiger partial charge on any atom is -0.384 e. The number of hydrogen-bond acceptors (Lipinski definition) is 4. The zero-order valence-corrected chi connectivity index (χ0v) is 12.7. The van der Waals surface area contributed by atoms with Crippen molar-refractivity contribution in [3.05, 3.63) is 18.0 Å². The topological polar surface area (TPSA) is 56.6 Å². The van der Waals surface area contributed by atoms with Crippen molar-refractivity contribution in [3.63, 3.8) is 0 Å². The average Bonchev–Trinajstić information content (AvgIpc) is 2.89. The number of hydrogen-bond donors (Lipinski definition) is 0. The summed E-state index contributed by atoms with van der Waals surface area (Å²) in [5.41, 5.74) is 0.746.